The van der Waals surface area contributed by atoms with Crippen LogP contribution in [0.2, 0.25) is 5.02 Å². The summed E-state index contributed by atoms with van der Waals surface area (Å²) in [6, 6.07) is 7.55. The van der Waals surface area contributed by atoms with Crippen LogP contribution in [0.25, 0.3) is 6.08 Å². The topological polar surface area (TPSA) is 41.5 Å². The highest BCUT2D eigenvalue weighted by Crippen LogP contribution is 2.29. The third-order valence-corrected chi connectivity index (χ3v) is 4.90. The zero-order valence-corrected chi connectivity index (χ0v) is 13.5. The van der Waals surface area contributed by atoms with E-state index in [1.54, 1.807) is 17.4 Å². The van der Waals surface area contributed by atoms with Crippen LogP contribution in [0.3, 0.4) is 0 Å². The minimum Gasteiger partial charge on any atom is -0.300 e. The summed E-state index contributed by atoms with van der Waals surface area (Å²) in [5.41, 5.74) is 2.75. The maximum atomic E-state index is 11.9. The van der Waals surface area contributed by atoms with Gasteiger partial charge in [-0.2, -0.15) is 11.3 Å². The minimum absolute atomic E-state index is 0.122. The van der Waals surface area contributed by atoms with Gasteiger partial charge < -0.3 is 5.32 Å². The van der Waals surface area contributed by atoms with E-state index in [1.165, 1.54) is 11.8 Å². The Morgan fingerprint density at radius 3 is 2.90 bits per heavy atom. The fraction of sp³-hybridized carbons (Fsp3) is 0.0667. The number of nitrogens with zero attached hydrogens (tertiary/aromatic N) is 1. The number of carbonyl (C=O) groups is 1. The number of carbonyl (C=O) groups excluding carboxylic acids is 1. The maximum Gasteiger partial charge on any atom is 0.264 e. The molecule has 0 atom stereocenters. The highest BCUT2D eigenvalue weighted by atomic mass is 35.5. The lowest BCUT2D eigenvalue weighted by molar-refractivity contribution is -0.115. The van der Waals surface area contributed by atoms with E-state index in [0.29, 0.717) is 15.1 Å². The largest absolute Gasteiger partial charge is 0.300 e. The Bertz CT molecular complexity index is 751. The lowest BCUT2D eigenvalue weighted by Gasteiger charge is -2.00. The van der Waals surface area contributed by atoms with Gasteiger partial charge in [-0.1, -0.05) is 17.7 Å². The number of aryl methyl sites for hydroxylation is 1. The maximum absolute atomic E-state index is 11.9. The monoisotopic (exact) mass is 334 g/mol. The third kappa shape index (κ3) is 3.37. The Balaban J connectivity index is 1.83. The quantitative estimate of drug-likeness (QED) is 0.815. The Hall–Kier alpha value is -1.56. The van der Waals surface area contributed by atoms with Crippen LogP contribution in [0.1, 0.15) is 11.1 Å². The van der Waals surface area contributed by atoms with E-state index in [2.05, 4.69) is 10.3 Å². The number of amidine groups is 1. The summed E-state index contributed by atoms with van der Waals surface area (Å²) in [5.74, 6) is -0.122. The lowest BCUT2D eigenvalue weighted by atomic mass is 10.2. The Kier molecular flexibility index (Phi) is 4.14. The number of benzene rings is 1. The first kappa shape index (κ1) is 14.4. The molecule has 0 unspecified atom stereocenters. The average Bonchev–Trinajstić information content (AvgIpc) is 3.06. The van der Waals surface area contributed by atoms with E-state index in [0.717, 1.165) is 16.8 Å². The van der Waals surface area contributed by atoms with Gasteiger partial charge in [-0.15, -0.1) is 0 Å². The first-order chi connectivity index (χ1) is 10.1. The van der Waals surface area contributed by atoms with Crippen molar-refractivity contribution in [3.05, 3.63) is 56.1 Å². The molecule has 106 valence electrons. The molecule has 6 heteroatoms. The summed E-state index contributed by atoms with van der Waals surface area (Å²) in [6.07, 6.45) is 1.86. The predicted molar refractivity (Wildman–Crippen MR) is 91.3 cm³/mol. The molecule has 3 nitrogen and oxygen atoms in total. The summed E-state index contributed by atoms with van der Waals surface area (Å²) >= 11 is 9.01. The second-order valence-corrected chi connectivity index (χ2v) is 6.69. The molecule has 21 heavy (non-hydrogen) atoms. The molecule has 1 aromatic heterocycles. The first-order valence-corrected chi connectivity index (χ1v) is 8.33. The van der Waals surface area contributed by atoms with Crippen molar-refractivity contribution in [3.63, 3.8) is 0 Å². The fourth-order valence-corrected chi connectivity index (χ4v) is 3.39. The molecule has 1 saturated heterocycles. The van der Waals surface area contributed by atoms with Gasteiger partial charge in [0.2, 0.25) is 0 Å². The third-order valence-electron chi connectivity index (χ3n) is 2.88. The van der Waals surface area contributed by atoms with Gasteiger partial charge in [-0.05, 0) is 64.8 Å². The highest BCUT2D eigenvalue weighted by Gasteiger charge is 2.23. The predicted octanol–water partition coefficient (Wildman–Crippen LogP) is 4.60. The van der Waals surface area contributed by atoms with E-state index in [4.69, 9.17) is 11.6 Å². The van der Waals surface area contributed by atoms with Crippen molar-refractivity contribution in [2.45, 2.75) is 6.92 Å². The van der Waals surface area contributed by atoms with E-state index in [-0.39, 0.29) is 5.91 Å². The molecule has 1 aliphatic rings. The van der Waals surface area contributed by atoms with Crippen molar-refractivity contribution in [3.8, 4) is 0 Å². The molecule has 1 N–H and O–H groups in total. The zero-order valence-electron chi connectivity index (χ0n) is 11.1. The van der Waals surface area contributed by atoms with E-state index >= 15 is 0 Å². The first-order valence-electron chi connectivity index (χ1n) is 6.20. The number of thiophene rings is 1. The van der Waals surface area contributed by atoms with Crippen LogP contribution in [0.15, 0.2) is 44.9 Å². The average molecular weight is 335 g/mol. The van der Waals surface area contributed by atoms with E-state index in [9.17, 15) is 4.79 Å². The number of hydrogen-bond acceptors (Lipinski definition) is 4. The summed E-state index contributed by atoms with van der Waals surface area (Å²) in [4.78, 5) is 17.0. The highest BCUT2D eigenvalue weighted by molar-refractivity contribution is 8.18. The summed E-state index contributed by atoms with van der Waals surface area (Å²) in [5, 5.41) is 7.98. The molecule has 2 heterocycles. The number of amides is 1. The van der Waals surface area contributed by atoms with Gasteiger partial charge in [0, 0.05) is 5.02 Å². The van der Waals surface area contributed by atoms with Crippen LogP contribution >= 0.6 is 34.7 Å². The number of rotatable bonds is 2. The molecule has 0 saturated carbocycles. The number of halogens is 1. The van der Waals surface area contributed by atoms with E-state index < -0.39 is 0 Å². The normalized spacial score (nSPS) is 18.5. The SMILES string of the molecule is Cc1ccc(N=C2NC(=O)/C(=C/c3ccsc3)S2)cc1Cl. The van der Waals surface area contributed by atoms with Gasteiger partial charge in [0.05, 0.1) is 10.6 Å². The van der Waals surface area contributed by atoms with Gasteiger partial charge >= 0.3 is 0 Å². The Morgan fingerprint density at radius 2 is 2.19 bits per heavy atom. The molecule has 1 aromatic carbocycles. The smallest absolute Gasteiger partial charge is 0.264 e. The van der Waals surface area contributed by atoms with Crippen LogP contribution in [0.4, 0.5) is 5.69 Å². The van der Waals surface area contributed by atoms with Crippen LogP contribution in [0.5, 0.6) is 0 Å². The molecule has 3 rings (SSSR count). The van der Waals surface area contributed by atoms with Crippen molar-refractivity contribution >= 4 is 57.5 Å². The molecular formula is C15H11ClN2OS2. The molecular weight excluding hydrogens is 324 g/mol. The second kappa shape index (κ2) is 6.05. The van der Waals surface area contributed by atoms with Gasteiger partial charge in [-0.25, -0.2) is 4.99 Å². The van der Waals surface area contributed by atoms with Gasteiger partial charge in [0.25, 0.3) is 5.91 Å². The molecule has 0 bridgehead atoms. The zero-order chi connectivity index (χ0) is 14.8. The van der Waals surface area contributed by atoms with Crippen molar-refractivity contribution in [1.82, 2.24) is 5.32 Å². The number of thioether (sulfide) groups is 1. The molecule has 1 aliphatic heterocycles. The molecule has 0 radical (unpaired) electrons. The van der Waals surface area contributed by atoms with Crippen LogP contribution in [0, 0.1) is 6.92 Å². The molecule has 1 amide bonds. The number of nitrogens with one attached hydrogen (secondary N) is 1. The van der Waals surface area contributed by atoms with Gasteiger partial charge in [-0.3, -0.25) is 4.79 Å². The molecule has 0 spiro atoms. The second-order valence-electron chi connectivity index (χ2n) is 4.47. The molecule has 2 aromatic rings. The fourth-order valence-electron chi connectivity index (χ4n) is 1.76. The number of aliphatic imine (C=N–C) groups is 1. The summed E-state index contributed by atoms with van der Waals surface area (Å²) in [7, 11) is 0. The van der Waals surface area contributed by atoms with Crippen LogP contribution < -0.4 is 5.32 Å². The van der Waals surface area contributed by atoms with E-state index in [1.807, 2.05) is 42.0 Å². The molecule has 1 fully saturated rings. The summed E-state index contributed by atoms with van der Waals surface area (Å²) < 4.78 is 0. The van der Waals surface area contributed by atoms with Crippen molar-refractivity contribution < 1.29 is 4.79 Å². The summed E-state index contributed by atoms with van der Waals surface area (Å²) in [6.45, 7) is 1.94. The van der Waals surface area contributed by atoms with Crippen molar-refractivity contribution in [2.75, 3.05) is 0 Å². The van der Waals surface area contributed by atoms with Gasteiger partial charge in [0.1, 0.15) is 0 Å². The number of hydrogen-bond donors (Lipinski definition) is 1. The van der Waals surface area contributed by atoms with Crippen LogP contribution in [-0.4, -0.2) is 11.1 Å². The Labute approximate surface area is 135 Å². The van der Waals surface area contributed by atoms with Crippen molar-refractivity contribution in [1.29, 1.82) is 0 Å². The lowest BCUT2D eigenvalue weighted by Crippen LogP contribution is -2.19. The van der Waals surface area contributed by atoms with Crippen LogP contribution in [-0.2, 0) is 4.79 Å². The Morgan fingerprint density at radius 1 is 1.33 bits per heavy atom. The standard InChI is InChI=1S/C15H11ClN2OS2/c1-9-2-3-11(7-12(9)16)17-15-18-14(19)13(21-15)6-10-4-5-20-8-10/h2-8H,1H3,(H,17,18,19)/b13-6-. The van der Waals surface area contributed by atoms with Crippen molar-refractivity contribution in [2.24, 2.45) is 4.99 Å². The molecule has 0 aliphatic carbocycles. The minimum atomic E-state index is -0.122. The van der Waals surface area contributed by atoms with Gasteiger partial charge in [0.15, 0.2) is 5.17 Å².